The summed E-state index contributed by atoms with van der Waals surface area (Å²) in [5, 5.41) is 10.6. The number of aromatic nitrogens is 1. The van der Waals surface area contributed by atoms with E-state index in [1.54, 1.807) is 11.3 Å². The van der Waals surface area contributed by atoms with E-state index in [1.165, 1.54) is 49.5 Å². The molecule has 1 aliphatic heterocycles. The molecule has 2 fully saturated rings. The van der Waals surface area contributed by atoms with E-state index in [1.807, 2.05) is 0 Å². The molecule has 0 atom stereocenters. The number of hydrogen-bond donors (Lipinski definition) is 1. The summed E-state index contributed by atoms with van der Waals surface area (Å²) in [7, 11) is 0. The van der Waals surface area contributed by atoms with Crippen molar-refractivity contribution in [2.24, 2.45) is 0 Å². The SMILES string of the molecule is OCc1sc(CCN2CCCC2)nc1C1CC1. The molecule has 3 rings (SSSR count). The van der Waals surface area contributed by atoms with E-state index in [4.69, 9.17) is 4.98 Å². The zero-order chi connectivity index (χ0) is 11.7. The van der Waals surface area contributed by atoms with E-state index in [9.17, 15) is 5.11 Å². The van der Waals surface area contributed by atoms with Crippen LogP contribution in [0, 0.1) is 0 Å². The monoisotopic (exact) mass is 252 g/mol. The van der Waals surface area contributed by atoms with Crippen LogP contribution in [-0.4, -0.2) is 34.6 Å². The average molecular weight is 252 g/mol. The predicted molar refractivity (Wildman–Crippen MR) is 69.4 cm³/mol. The van der Waals surface area contributed by atoms with Gasteiger partial charge in [0.1, 0.15) is 0 Å². The second-order valence-corrected chi connectivity index (χ2v) is 6.32. The largest absolute Gasteiger partial charge is 0.391 e. The van der Waals surface area contributed by atoms with Crippen molar-refractivity contribution in [3.05, 3.63) is 15.6 Å². The van der Waals surface area contributed by atoms with E-state index in [2.05, 4.69) is 4.90 Å². The molecule has 0 bridgehead atoms. The summed E-state index contributed by atoms with van der Waals surface area (Å²) in [4.78, 5) is 8.38. The molecule has 1 aliphatic carbocycles. The Balaban J connectivity index is 1.61. The van der Waals surface area contributed by atoms with E-state index in [0.29, 0.717) is 5.92 Å². The van der Waals surface area contributed by atoms with Crippen LogP contribution >= 0.6 is 11.3 Å². The Morgan fingerprint density at radius 1 is 1.29 bits per heavy atom. The van der Waals surface area contributed by atoms with Gasteiger partial charge in [-0.2, -0.15) is 0 Å². The number of aliphatic hydroxyl groups excluding tert-OH is 1. The van der Waals surface area contributed by atoms with Gasteiger partial charge in [-0.25, -0.2) is 4.98 Å². The summed E-state index contributed by atoms with van der Waals surface area (Å²) in [5.41, 5.74) is 1.20. The average Bonchev–Trinajstić information content (AvgIpc) is 2.92. The minimum Gasteiger partial charge on any atom is -0.391 e. The third kappa shape index (κ3) is 2.69. The molecule has 0 spiro atoms. The maximum absolute atomic E-state index is 9.35. The van der Waals surface area contributed by atoms with Crippen LogP contribution in [0.2, 0.25) is 0 Å². The van der Waals surface area contributed by atoms with Gasteiger partial charge in [0.25, 0.3) is 0 Å². The lowest BCUT2D eigenvalue weighted by atomic mass is 10.2. The van der Waals surface area contributed by atoms with Crippen LogP contribution in [0.15, 0.2) is 0 Å². The Labute approximate surface area is 106 Å². The molecule has 2 aliphatic rings. The molecule has 17 heavy (non-hydrogen) atoms. The summed E-state index contributed by atoms with van der Waals surface area (Å²) in [6.45, 7) is 3.83. The standard InChI is InChI=1S/C13H20N2OS/c16-9-11-13(10-3-4-10)14-12(17-11)5-8-15-6-1-2-7-15/h10,16H,1-9H2. The molecule has 1 N–H and O–H groups in total. The highest BCUT2D eigenvalue weighted by Crippen LogP contribution is 2.42. The van der Waals surface area contributed by atoms with Crippen LogP contribution in [0.1, 0.15) is 47.2 Å². The molecule has 3 nitrogen and oxygen atoms in total. The zero-order valence-corrected chi connectivity index (χ0v) is 11.0. The van der Waals surface area contributed by atoms with Crippen LogP contribution in [-0.2, 0) is 13.0 Å². The van der Waals surface area contributed by atoms with E-state index < -0.39 is 0 Å². The summed E-state index contributed by atoms with van der Waals surface area (Å²) >= 11 is 1.72. The number of rotatable bonds is 5. The smallest absolute Gasteiger partial charge is 0.0944 e. The first kappa shape index (κ1) is 11.6. The maximum Gasteiger partial charge on any atom is 0.0944 e. The number of likely N-dealkylation sites (tertiary alicyclic amines) is 1. The highest BCUT2D eigenvalue weighted by Gasteiger charge is 2.29. The van der Waals surface area contributed by atoms with Gasteiger partial charge < -0.3 is 10.0 Å². The fraction of sp³-hybridized carbons (Fsp3) is 0.769. The molecule has 2 heterocycles. The van der Waals surface area contributed by atoms with Gasteiger partial charge >= 0.3 is 0 Å². The minimum absolute atomic E-state index is 0.174. The van der Waals surface area contributed by atoms with E-state index >= 15 is 0 Å². The molecular formula is C13H20N2OS. The van der Waals surface area contributed by atoms with Gasteiger partial charge in [-0.1, -0.05) is 0 Å². The Bertz CT molecular complexity index is 381. The quantitative estimate of drug-likeness (QED) is 0.872. The normalized spacial score (nSPS) is 21.2. The van der Waals surface area contributed by atoms with Crippen LogP contribution in [0.4, 0.5) is 0 Å². The van der Waals surface area contributed by atoms with Gasteiger partial charge in [0.2, 0.25) is 0 Å². The van der Waals surface area contributed by atoms with Crippen molar-refractivity contribution < 1.29 is 5.11 Å². The summed E-state index contributed by atoms with van der Waals surface area (Å²) in [6.07, 6.45) is 6.30. The summed E-state index contributed by atoms with van der Waals surface area (Å²) in [6, 6.07) is 0. The van der Waals surface area contributed by atoms with Crippen molar-refractivity contribution in [1.82, 2.24) is 9.88 Å². The number of thiazole rings is 1. The first-order valence-electron chi connectivity index (χ1n) is 6.68. The predicted octanol–water partition coefficient (Wildman–Crippen LogP) is 2.15. The molecule has 1 aromatic heterocycles. The number of aliphatic hydroxyl groups is 1. The van der Waals surface area contributed by atoms with Crippen molar-refractivity contribution in [2.45, 2.75) is 44.6 Å². The van der Waals surface area contributed by atoms with Gasteiger partial charge in [0.15, 0.2) is 0 Å². The van der Waals surface area contributed by atoms with Crippen molar-refractivity contribution in [3.63, 3.8) is 0 Å². The number of nitrogens with zero attached hydrogens (tertiary/aromatic N) is 2. The summed E-state index contributed by atoms with van der Waals surface area (Å²) < 4.78 is 0. The Morgan fingerprint density at radius 2 is 2.06 bits per heavy atom. The Morgan fingerprint density at radius 3 is 2.71 bits per heavy atom. The van der Waals surface area contributed by atoms with Gasteiger partial charge in [0.05, 0.1) is 22.2 Å². The Hall–Kier alpha value is -0.450. The molecule has 4 heteroatoms. The van der Waals surface area contributed by atoms with Gasteiger partial charge in [0, 0.05) is 18.9 Å². The Kier molecular flexibility index (Phi) is 3.45. The van der Waals surface area contributed by atoms with Crippen molar-refractivity contribution >= 4 is 11.3 Å². The van der Waals surface area contributed by atoms with Crippen molar-refractivity contribution in [2.75, 3.05) is 19.6 Å². The zero-order valence-electron chi connectivity index (χ0n) is 10.2. The highest BCUT2D eigenvalue weighted by molar-refractivity contribution is 7.11. The molecule has 94 valence electrons. The van der Waals surface area contributed by atoms with E-state index in [0.717, 1.165) is 17.8 Å². The van der Waals surface area contributed by atoms with Gasteiger partial charge in [-0.15, -0.1) is 11.3 Å². The topological polar surface area (TPSA) is 36.4 Å². The second kappa shape index (κ2) is 5.04. The number of hydrogen-bond acceptors (Lipinski definition) is 4. The van der Waals surface area contributed by atoms with Crippen molar-refractivity contribution in [3.8, 4) is 0 Å². The first-order valence-corrected chi connectivity index (χ1v) is 7.50. The van der Waals surface area contributed by atoms with Crippen LogP contribution < -0.4 is 0 Å². The lowest BCUT2D eigenvalue weighted by molar-refractivity contribution is 0.284. The van der Waals surface area contributed by atoms with Crippen LogP contribution in [0.5, 0.6) is 0 Å². The third-order valence-corrected chi connectivity index (χ3v) is 4.84. The molecule has 0 radical (unpaired) electrons. The van der Waals surface area contributed by atoms with Crippen LogP contribution in [0.25, 0.3) is 0 Å². The van der Waals surface area contributed by atoms with Crippen LogP contribution in [0.3, 0.4) is 0 Å². The fourth-order valence-corrected chi connectivity index (χ4v) is 3.57. The van der Waals surface area contributed by atoms with Gasteiger partial charge in [-0.3, -0.25) is 0 Å². The maximum atomic E-state index is 9.35. The highest BCUT2D eigenvalue weighted by atomic mass is 32.1. The van der Waals surface area contributed by atoms with Gasteiger partial charge in [-0.05, 0) is 38.8 Å². The molecule has 1 saturated heterocycles. The lowest BCUT2D eigenvalue weighted by Crippen LogP contribution is -2.21. The molecule has 0 aromatic carbocycles. The van der Waals surface area contributed by atoms with Crippen molar-refractivity contribution in [1.29, 1.82) is 0 Å². The third-order valence-electron chi connectivity index (χ3n) is 3.72. The second-order valence-electron chi connectivity index (χ2n) is 5.15. The summed E-state index contributed by atoms with van der Waals surface area (Å²) in [5.74, 6) is 0.661. The first-order chi connectivity index (χ1) is 8.36. The molecule has 1 aromatic rings. The van der Waals surface area contributed by atoms with E-state index in [-0.39, 0.29) is 6.61 Å². The molecule has 1 saturated carbocycles. The molecule has 0 amide bonds. The molecule has 0 unspecified atom stereocenters. The fourth-order valence-electron chi connectivity index (χ4n) is 2.57. The molecular weight excluding hydrogens is 232 g/mol. The lowest BCUT2D eigenvalue weighted by Gasteiger charge is -2.12. The minimum atomic E-state index is 0.174.